The quantitative estimate of drug-likeness (QED) is 0.303. The Labute approximate surface area is 127 Å². The van der Waals surface area contributed by atoms with Gasteiger partial charge in [-0.05, 0) is 12.1 Å². The molecule has 0 spiro atoms. The smallest absolute Gasteiger partial charge is 0.203 e. The molecular formula is C13H7F5N2O2S. The van der Waals surface area contributed by atoms with Gasteiger partial charge in [0, 0.05) is 0 Å². The summed E-state index contributed by atoms with van der Waals surface area (Å²) in [4.78, 5) is 1.40. The molecule has 10 heteroatoms. The van der Waals surface area contributed by atoms with Gasteiger partial charge >= 0.3 is 0 Å². The molecule has 0 unspecified atom stereocenters. The third-order valence-electron chi connectivity index (χ3n) is 2.66. The van der Waals surface area contributed by atoms with Gasteiger partial charge < -0.3 is 0 Å². The minimum atomic E-state index is -4.14. The van der Waals surface area contributed by atoms with Gasteiger partial charge in [-0.1, -0.05) is 18.2 Å². The van der Waals surface area contributed by atoms with E-state index in [2.05, 4.69) is 5.10 Å². The molecule has 0 aromatic heterocycles. The number of hydrogen-bond acceptors (Lipinski definition) is 3. The molecule has 0 heterocycles. The molecule has 2 rings (SSSR count). The summed E-state index contributed by atoms with van der Waals surface area (Å²) in [6.07, 6.45) is 0.191. The molecule has 0 aliphatic rings. The molecule has 122 valence electrons. The van der Waals surface area contributed by atoms with E-state index >= 15 is 0 Å². The Bertz CT molecular complexity index is 841. The van der Waals surface area contributed by atoms with Crippen molar-refractivity contribution in [1.29, 1.82) is 0 Å². The van der Waals surface area contributed by atoms with E-state index in [1.165, 1.54) is 24.3 Å². The van der Waals surface area contributed by atoms with E-state index in [1.54, 1.807) is 10.9 Å². The molecule has 0 aliphatic heterocycles. The van der Waals surface area contributed by atoms with Crippen LogP contribution in [0.3, 0.4) is 0 Å². The van der Waals surface area contributed by atoms with E-state index in [9.17, 15) is 30.4 Å². The maximum atomic E-state index is 13.4. The molecule has 0 saturated heterocycles. The molecule has 2 aromatic carbocycles. The van der Waals surface area contributed by atoms with Gasteiger partial charge in [0.1, 0.15) is 0 Å². The van der Waals surface area contributed by atoms with Crippen LogP contribution in [0.2, 0.25) is 0 Å². The Hall–Kier alpha value is -2.49. The third kappa shape index (κ3) is 3.31. The lowest BCUT2D eigenvalue weighted by Gasteiger charge is -2.05. The minimum Gasteiger partial charge on any atom is -0.203 e. The fourth-order valence-corrected chi connectivity index (χ4v) is 2.36. The fourth-order valence-electron chi connectivity index (χ4n) is 1.55. The summed E-state index contributed by atoms with van der Waals surface area (Å²) in [5.74, 6) is -10.9. The Kier molecular flexibility index (Phi) is 4.64. The van der Waals surface area contributed by atoms with Crippen LogP contribution in [0, 0.1) is 29.1 Å². The maximum absolute atomic E-state index is 13.4. The predicted molar refractivity (Wildman–Crippen MR) is 70.6 cm³/mol. The second-order valence-corrected chi connectivity index (χ2v) is 5.81. The Balaban J connectivity index is 2.32. The average Bonchev–Trinajstić information content (AvgIpc) is 2.55. The lowest BCUT2D eigenvalue weighted by atomic mass is 10.2. The summed E-state index contributed by atoms with van der Waals surface area (Å²) in [6.45, 7) is 0. The predicted octanol–water partition coefficient (Wildman–Crippen LogP) is 2.69. The number of halogens is 5. The van der Waals surface area contributed by atoms with Crippen molar-refractivity contribution in [2.75, 3.05) is 0 Å². The van der Waals surface area contributed by atoms with Crippen LogP contribution in [0.1, 0.15) is 5.56 Å². The van der Waals surface area contributed by atoms with Crippen LogP contribution >= 0.6 is 0 Å². The Morgan fingerprint density at radius 1 is 0.826 bits per heavy atom. The van der Waals surface area contributed by atoms with E-state index in [-0.39, 0.29) is 11.1 Å². The molecule has 0 amide bonds. The highest BCUT2D eigenvalue weighted by atomic mass is 32.2. The lowest BCUT2D eigenvalue weighted by molar-refractivity contribution is 0.377. The standard InChI is InChI=1S/C13H7F5N2O2S/c14-9-8(10(15)12(17)13(18)11(9)16)6-19-20-23(21,22)7-4-2-1-3-5-7/h1-6,20H/b19-6+. The molecule has 0 radical (unpaired) electrons. The first-order valence-corrected chi connectivity index (χ1v) is 7.35. The maximum Gasteiger partial charge on any atom is 0.276 e. The van der Waals surface area contributed by atoms with E-state index in [0.717, 1.165) is 0 Å². The number of hydrazone groups is 1. The van der Waals surface area contributed by atoms with Gasteiger partial charge in [0.2, 0.25) is 5.82 Å². The highest BCUT2D eigenvalue weighted by Gasteiger charge is 2.24. The largest absolute Gasteiger partial charge is 0.276 e. The second-order valence-electron chi connectivity index (χ2n) is 4.15. The van der Waals surface area contributed by atoms with Crippen molar-refractivity contribution in [3.8, 4) is 0 Å². The van der Waals surface area contributed by atoms with Crippen molar-refractivity contribution >= 4 is 16.2 Å². The van der Waals surface area contributed by atoms with Gasteiger partial charge in [-0.15, -0.1) is 0 Å². The van der Waals surface area contributed by atoms with E-state index in [4.69, 9.17) is 0 Å². The zero-order valence-electron chi connectivity index (χ0n) is 11.0. The van der Waals surface area contributed by atoms with Crippen LogP contribution in [0.25, 0.3) is 0 Å². The number of rotatable bonds is 4. The van der Waals surface area contributed by atoms with Gasteiger partial charge in [0.25, 0.3) is 10.0 Å². The van der Waals surface area contributed by atoms with Crippen molar-refractivity contribution in [3.05, 3.63) is 65.0 Å². The number of nitrogens with zero attached hydrogens (tertiary/aromatic N) is 1. The highest BCUT2D eigenvalue weighted by Crippen LogP contribution is 2.21. The topological polar surface area (TPSA) is 58.5 Å². The molecular weight excluding hydrogens is 343 g/mol. The van der Waals surface area contributed by atoms with Gasteiger partial charge in [0.15, 0.2) is 23.3 Å². The SMILES string of the molecule is O=S(=O)(N/N=C/c1c(F)c(F)c(F)c(F)c1F)c1ccccc1. The lowest BCUT2D eigenvalue weighted by Crippen LogP contribution is -2.18. The van der Waals surface area contributed by atoms with E-state index < -0.39 is 44.7 Å². The van der Waals surface area contributed by atoms with Gasteiger partial charge in [-0.25, -0.2) is 26.8 Å². The van der Waals surface area contributed by atoms with Crippen LogP contribution in [0.4, 0.5) is 22.0 Å². The summed E-state index contributed by atoms with van der Waals surface area (Å²) in [5.41, 5.74) is -1.36. The zero-order chi connectivity index (χ0) is 17.2. The highest BCUT2D eigenvalue weighted by molar-refractivity contribution is 7.89. The van der Waals surface area contributed by atoms with Crippen molar-refractivity contribution in [3.63, 3.8) is 0 Å². The van der Waals surface area contributed by atoms with Crippen LogP contribution in [0.5, 0.6) is 0 Å². The fraction of sp³-hybridized carbons (Fsp3) is 0. The summed E-state index contributed by atoms with van der Waals surface area (Å²) in [5, 5.41) is 3.02. The zero-order valence-corrected chi connectivity index (χ0v) is 11.8. The summed E-state index contributed by atoms with van der Waals surface area (Å²) in [6, 6.07) is 6.83. The summed E-state index contributed by atoms with van der Waals surface area (Å²) < 4.78 is 89.0. The normalized spacial score (nSPS) is 11.9. The Morgan fingerprint density at radius 2 is 1.30 bits per heavy atom. The molecule has 0 saturated carbocycles. The van der Waals surface area contributed by atoms with Crippen LogP contribution < -0.4 is 4.83 Å². The second kappa shape index (κ2) is 6.32. The van der Waals surface area contributed by atoms with E-state index in [1.807, 2.05) is 0 Å². The molecule has 0 fully saturated rings. The van der Waals surface area contributed by atoms with Gasteiger partial charge in [-0.2, -0.15) is 13.5 Å². The number of hydrogen-bond donors (Lipinski definition) is 1. The summed E-state index contributed by atoms with van der Waals surface area (Å²) >= 11 is 0. The van der Waals surface area contributed by atoms with Crippen LogP contribution in [-0.2, 0) is 10.0 Å². The van der Waals surface area contributed by atoms with Crippen LogP contribution in [-0.4, -0.2) is 14.6 Å². The number of nitrogens with one attached hydrogen (secondary N) is 1. The molecule has 23 heavy (non-hydrogen) atoms. The van der Waals surface area contributed by atoms with Crippen molar-refractivity contribution in [1.82, 2.24) is 4.83 Å². The van der Waals surface area contributed by atoms with Crippen molar-refractivity contribution in [2.24, 2.45) is 5.10 Å². The van der Waals surface area contributed by atoms with Crippen LogP contribution in [0.15, 0.2) is 40.3 Å². The number of sulfonamides is 1. The third-order valence-corrected chi connectivity index (χ3v) is 3.90. The first-order valence-electron chi connectivity index (χ1n) is 5.87. The molecule has 1 N–H and O–H groups in total. The first kappa shape index (κ1) is 16.9. The van der Waals surface area contributed by atoms with Crippen molar-refractivity contribution < 1.29 is 30.4 Å². The van der Waals surface area contributed by atoms with Gasteiger partial charge in [-0.3, -0.25) is 0 Å². The monoisotopic (exact) mass is 350 g/mol. The first-order chi connectivity index (χ1) is 10.8. The molecule has 0 bridgehead atoms. The molecule has 4 nitrogen and oxygen atoms in total. The molecule has 0 aliphatic carbocycles. The average molecular weight is 350 g/mol. The molecule has 2 aromatic rings. The van der Waals surface area contributed by atoms with Gasteiger partial charge in [0.05, 0.1) is 16.7 Å². The Morgan fingerprint density at radius 3 is 1.83 bits per heavy atom. The molecule has 0 atom stereocenters. The number of benzene rings is 2. The van der Waals surface area contributed by atoms with Crippen molar-refractivity contribution in [2.45, 2.75) is 4.90 Å². The van der Waals surface area contributed by atoms with E-state index in [0.29, 0.717) is 0 Å². The summed E-state index contributed by atoms with van der Waals surface area (Å²) in [7, 11) is -4.14. The minimum absolute atomic E-state index is 0.191.